The zero-order chi connectivity index (χ0) is 26.4. The summed E-state index contributed by atoms with van der Waals surface area (Å²) < 4.78 is 88.0. The predicted octanol–water partition coefficient (Wildman–Crippen LogP) is 5.76. The minimum atomic E-state index is -5.86. The molecular weight excluding hydrogens is 484 g/mol. The minimum absolute atomic E-state index is 0.173. The Labute approximate surface area is 194 Å². The van der Waals surface area contributed by atoms with E-state index in [4.69, 9.17) is 20.3 Å². The fourth-order valence-electron chi connectivity index (χ4n) is 2.59. The van der Waals surface area contributed by atoms with Gasteiger partial charge in [0.15, 0.2) is 11.5 Å². The number of methoxy groups -OCH3 is 1. The number of carboxylic acids is 1. The Morgan fingerprint density at radius 1 is 0.857 bits per heavy atom. The number of amides is 1. The van der Waals surface area contributed by atoms with Crippen LogP contribution in [-0.4, -0.2) is 30.3 Å². The Hall–Kier alpha value is -4.22. The SMILES string of the molecule is COc1cc(F)ccc1Oc1cc(C(F)(F)C(F)(F)F)ccc1C(N)=O.O=C(O)c1ccccc1. The van der Waals surface area contributed by atoms with Crippen LogP contribution >= 0.6 is 0 Å². The van der Waals surface area contributed by atoms with Crippen LogP contribution in [0.5, 0.6) is 17.2 Å². The first-order valence-corrected chi connectivity index (χ1v) is 9.46. The molecule has 0 aliphatic carbocycles. The molecule has 3 N–H and O–H groups in total. The fourth-order valence-corrected chi connectivity index (χ4v) is 2.59. The third-order valence-electron chi connectivity index (χ3n) is 4.33. The summed E-state index contributed by atoms with van der Waals surface area (Å²) in [6, 6.07) is 12.6. The fraction of sp³-hybridized carbons (Fsp3) is 0.130. The summed E-state index contributed by atoms with van der Waals surface area (Å²) in [6.45, 7) is 0. The number of aromatic carboxylic acids is 1. The van der Waals surface area contributed by atoms with Crippen molar-refractivity contribution in [2.24, 2.45) is 5.73 Å². The van der Waals surface area contributed by atoms with Gasteiger partial charge in [-0.1, -0.05) is 24.3 Å². The summed E-state index contributed by atoms with van der Waals surface area (Å²) in [5, 5.41) is 8.38. The number of carboxylic acid groups (broad SMARTS) is 1. The van der Waals surface area contributed by atoms with Crippen molar-refractivity contribution in [2.45, 2.75) is 12.1 Å². The van der Waals surface area contributed by atoms with E-state index in [0.717, 1.165) is 25.3 Å². The number of carbonyl (C=O) groups excluding carboxylic acids is 1. The van der Waals surface area contributed by atoms with E-state index in [9.17, 15) is 35.9 Å². The first-order valence-electron chi connectivity index (χ1n) is 9.46. The first kappa shape index (κ1) is 27.0. The lowest BCUT2D eigenvalue weighted by Crippen LogP contribution is -2.33. The number of nitrogens with two attached hydrogens (primary N) is 1. The van der Waals surface area contributed by atoms with Crippen LogP contribution in [0.3, 0.4) is 0 Å². The Morgan fingerprint density at radius 3 is 1.97 bits per heavy atom. The number of ether oxygens (including phenoxy) is 2. The van der Waals surface area contributed by atoms with Gasteiger partial charge >= 0.3 is 18.1 Å². The lowest BCUT2D eigenvalue weighted by molar-refractivity contribution is -0.289. The largest absolute Gasteiger partial charge is 0.493 e. The van der Waals surface area contributed by atoms with Crippen molar-refractivity contribution in [2.75, 3.05) is 7.11 Å². The number of hydrogen-bond acceptors (Lipinski definition) is 4. The van der Waals surface area contributed by atoms with Crippen LogP contribution in [-0.2, 0) is 5.92 Å². The molecule has 3 aromatic rings. The highest BCUT2D eigenvalue weighted by Gasteiger charge is 2.58. The number of alkyl halides is 5. The third kappa shape index (κ3) is 6.65. The van der Waals surface area contributed by atoms with Crippen LogP contribution in [0.2, 0.25) is 0 Å². The molecule has 6 nitrogen and oxygen atoms in total. The molecule has 0 aliphatic heterocycles. The normalized spacial score (nSPS) is 11.2. The molecular formula is C23H17F6NO5. The number of carbonyl (C=O) groups is 2. The minimum Gasteiger partial charge on any atom is -0.493 e. The van der Waals surface area contributed by atoms with Crippen molar-refractivity contribution < 1.29 is 50.5 Å². The molecule has 0 saturated heterocycles. The molecule has 0 saturated carbocycles. The maximum atomic E-state index is 13.5. The van der Waals surface area contributed by atoms with Gasteiger partial charge in [0.25, 0.3) is 5.91 Å². The highest BCUT2D eigenvalue weighted by Crippen LogP contribution is 2.45. The summed E-state index contributed by atoms with van der Waals surface area (Å²) in [4.78, 5) is 21.6. The zero-order valence-electron chi connectivity index (χ0n) is 17.8. The van der Waals surface area contributed by atoms with Gasteiger partial charge in [-0.3, -0.25) is 4.79 Å². The lowest BCUT2D eigenvalue weighted by atomic mass is 10.0. The van der Waals surface area contributed by atoms with Gasteiger partial charge in [0, 0.05) is 11.6 Å². The van der Waals surface area contributed by atoms with E-state index in [2.05, 4.69) is 0 Å². The van der Waals surface area contributed by atoms with Crippen LogP contribution in [0, 0.1) is 5.82 Å². The van der Waals surface area contributed by atoms with E-state index >= 15 is 0 Å². The summed E-state index contributed by atoms with van der Waals surface area (Å²) in [6.07, 6.45) is -5.86. The first-order chi connectivity index (χ1) is 16.3. The van der Waals surface area contributed by atoms with Crippen LogP contribution in [0.4, 0.5) is 26.3 Å². The third-order valence-corrected chi connectivity index (χ3v) is 4.33. The molecule has 0 heterocycles. The smallest absolute Gasteiger partial charge is 0.458 e. The van der Waals surface area contributed by atoms with Crippen molar-refractivity contribution in [1.82, 2.24) is 0 Å². The van der Waals surface area contributed by atoms with Crippen LogP contribution in [0.15, 0.2) is 66.7 Å². The number of benzene rings is 3. The van der Waals surface area contributed by atoms with Gasteiger partial charge < -0.3 is 20.3 Å². The van der Waals surface area contributed by atoms with Crippen molar-refractivity contribution in [3.63, 3.8) is 0 Å². The van der Waals surface area contributed by atoms with E-state index in [1.165, 1.54) is 0 Å². The summed E-state index contributed by atoms with van der Waals surface area (Å²) in [7, 11) is 1.16. The number of hydrogen-bond donors (Lipinski definition) is 2. The van der Waals surface area contributed by atoms with Crippen LogP contribution in [0.1, 0.15) is 26.3 Å². The molecule has 0 aliphatic rings. The summed E-state index contributed by atoms with van der Waals surface area (Å²) in [5.74, 6) is -8.95. The van der Waals surface area contributed by atoms with E-state index in [-0.39, 0.29) is 11.5 Å². The maximum Gasteiger partial charge on any atom is 0.458 e. The topological polar surface area (TPSA) is 98.9 Å². The maximum absolute atomic E-state index is 13.5. The average molecular weight is 501 g/mol. The highest BCUT2D eigenvalue weighted by atomic mass is 19.4. The van der Waals surface area contributed by atoms with Crippen molar-refractivity contribution >= 4 is 11.9 Å². The quantitative estimate of drug-likeness (QED) is 0.418. The van der Waals surface area contributed by atoms with Gasteiger partial charge in [-0.05, 0) is 36.4 Å². The van der Waals surface area contributed by atoms with E-state index in [1.54, 1.807) is 30.3 Å². The Bertz CT molecular complexity index is 1200. The van der Waals surface area contributed by atoms with E-state index in [1.807, 2.05) is 0 Å². The standard InChI is InChI=1S/C16H11F6NO3.C7H6O2/c1-25-13-7-9(17)3-5-11(13)26-12-6-8(2-4-10(12)14(23)24)15(18,19)16(20,21)22;8-7(9)6-4-2-1-3-5-6/h2-7H,1H3,(H2,23,24);1-5H,(H,8,9). The van der Waals surface area contributed by atoms with Gasteiger partial charge in [-0.15, -0.1) is 0 Å². The Kier molecular flexibility index (Phi) is 8.34. The van der Waals surface area contributed by atoms with Crippen LogP contribution < -0.4 is 15.2 Å². The van der Waals surface area contributed by atoms with Gasteiger partial charge in [0.05, 0.1) is 18.2 Å². The Balaban J connectivity index is 0.000000402. The van der Waals surface area contributed by atoms with E-state index < -0.39 is 46.7 Å². The number of rotatable bonds is 6. The van der Waals surface area contributed by atoms with Gasteiger partial charge in [-0.25, -0.2) is 9.18 Å². The zero-order valence-corrected chi connectivity index (χ0v) is 17.8. The molecule has 0 radical (unpaired) electrons. The molecule has 35 heavy (non-hydrogen) atoms. The monoisotopic (exact) mass is 501 g/mol. The van der Waals surface area contributed by atoms with Crippen molar-refractivity contribution in [3.05, 3.63) is 89.2 Å². The molecule has 0 unspecified atom stereocenters. The molecule has 0 bridgehead atoms. The molecule has 186 valence electrons. The summed E-state index contributed by atoms with van der Waals surface area (Å²) >= 11 is 0. The summed E-state index contributed by atoms with van der Waals surface area (Å²) in [5.41, 5.74) is 3.52. The number of primary amides is 1. The highest BCUT2D eigenvalue weighted by molar-refractivity contribution is 5.95. The van der Waals surface area contributed by atoms with Crippen LogP contribution in [0.25, 0.3) is 0 Å². The predicted molar refractivity (Wildman–Crippen MR) is 111 cm³/mol. The van der Waals surface area contributed by atoms with E-state index in [0.29, 0.717) is 23.8 Å². The second kappa shape index (κ2) is 10.8. The molecule has 3 rings (SSSR count). The molecule has 0 spiro atoms. The Morgan fingerprint density at radius 2 is 1.49 bits per heavy atom. The molecule has 12 heteroatoms. The second-order valence-corrected chi connectivity index (χ2v) is 6.72. The van der Waals surface area contributed by atoms with Crippen molar-refractivity contribution in [3.8, 4) is 17.2 Å². The molecule has 1 amide bonds. The number of halogens is 6. The molecule has 0 fully saturated rings. The molecule has 3 aromatic carbocycles. The van der Waals surface area contributed by atoms with Gasteiger partial charge in [0.2, 0.25) is 0 Å². The lowest BCUT2D eigenvalue weighted by Gasteiger charge is -2.21. The molecule has 0 atom stereocenters. The van der Waals surface area contributed by atoms with Gasteiger partial charge in [-0.2, -0.15) is 22.0 Å². The second-order valence-electron chi connectivity index (χ2n) is 6.72. The average Bonchev–Trinajstić information content (AvgIpc) is 2.80. The van der Waals surface area contributed by atoms with Gasteiger partial charge in [0.1, 0.15) is 11.6 Å². The molecule has 0 aromatic heterocycles. The van der Waals surface area contributed by atoms with Crippen molar-refractivity contribution in [1.29, 1.82) is 0 Å².